The number of aromatic nitrogens is 2. The maximum Gasteiger partial charge on any atom is 0.434 e. The Morgan fingerprint density at radius 2 is 1.84 bits per heavy atom. The van der Waals surface area contributed by atoms with Crippen LogP contribution in [0.25, 0.3) is 5.69 Å². The van der Waals surface area contributed by atoms with Crippen molar-refractivity contribution in [3.8, 4) is 5.69 Å². The zero-order chi connectivity index (χ0) is 22.4. The summed E-state index contributed by atoms with van der Waals surface area (Å²) in [6.07, 6.45) is -2.52. The van der Waals surface area contributed by atoms with Gasteiger partial charge in [0.25, 0.3) is 0 Å². The Morgan fingerprint density at radius 1 is 1.16 bits per heavy atom. The fraction of sp³-hybridized carbons (Fsp3) is 0.143. The molecule has 0 spiro atoms. The van der Waals surface area contributed by atoms with Crippen molar-refractivity contribution in [2.45, 2.75) is 13.1 Å². The van der Waals surface area contributed by atoms with Crippen LogP contribution in [0, 0.1) is 0 Å². The number of hydrogen-bond acceptors (Lipinski definition) is 6. The van der Waals surface area contributed by atoms with Gasteiger partial charge in [0.2, 0.25) is 0 Å². The zero-order valence-electron chi connectivity index (χ0n) is 16.4. The Balaban J connectivity index is 1.92. The number of nitrogens with zero attached hydrogens (tertiary/aromatic N) is 4. The predicted molar refractivity (Wildman–Crippen MR) is 110 cm³/mol. The van der Waals surface area contributed by atoms with Crippen molar-refractivity contribution in [1.82, 2.24) is 9.78 Å². The number of hydrazone groups is 1. The Bertz CT molecular complexity index is 1100. The number of para-hydroxylation sites is 1. The van der Waals surface area contributed by atoms with Gasteiger partial charge in [-0.05, 0) is 31.2 Å². The SMILES string of the molecule is CCOC(=O)c1cnn(-c2ccc(C(C=Nc3ccccc3)=NN)cc2)c1C(F)(F)F. The molecule has 0 aliphatic heterocycles. The fourth-order valence-corrected chi connectivity index (χ4v) is 2.78. The van der Waals surface area contributed by atoms with Crippen molar-refractivity contribution < 1.29 is 22.7 Å². The van der Waals surface area contributed by atoms with Gasteiger partial charge in [-0.1, -0.05) is 30.3 Å². The summed E-state index contributed by atoms with van der Waals surface area (Å²) in [6, 6.07) is 15.0. The molecule has 2 aromatic carbocycles. The molecule has 0 aliphatic carbocycles. The van der Waals surface area contributed by atoms with E-state index in [-0.39, 0.29) is 12.3 Å². The summed E-state index contributed by atoms with van der Waals surface area (Å²) in [4.78, 5) is 16.2. The average molecular weight is 429 g/mol. The van der Waals surface area contributed by atoms with Gasteiger partial charge in [0, 0.05) is 5.56 Å². The molecule has 31 heavy (non-hydrogen) atoms. The van der Waals surface area contributed by atoms with Gasteiger partial charge < -0.3 is 10.6 Å². The van der Waals surface area contributed by atoms with Crippen molar-refractivity contribution in [2.24, 2.45) is 15.9 Å². The van der Waals surface area contributed by atoms with Crippen LogP contribution < -0.4 is 5.84 Å². The molecule has 2 N–H and O–H groups in total. The summed E-state index contributed by atoms with van der Waals surface area (Å²) in [5.74, 6) is 4.35. The van der Waals surface area contributed by atoms with Crippen LogP contribution in [0.15, 0.2) is 70.9 Å². The topological polar surface area (TPSA) is 94.9 Å². The number of rotatable bonds is 6. The molecule has 0 radical (unpaired) electrons. The van der Waals surface area contributed by atoms with Gasteiger partial charge in [-0.3, -0.25) is 4.99 Å². The Labute approximate surface area is 175 Å². The second-order valence-corrected chi connectivity index (χ2v) is 6.19. The summed E-state index contributed by atoms with van der Waals surface area (Å²) in [6.45, 7) is 1.45. The maximum atomic E-state index is 13.6. The molecule has 3 rings (SSSR count). The summed E-state index contributed by atoms with van der Waals surface area (Å²) in [5.41, 5.74) is -0.202. The van der Waals surface area contributed by atoms with Crippen LogP contribution in [-0.4, -0.2) is 34.3 Å². The van der Waals surface area contributed by atoms with Crippen LogP contribution in [0.2, 0.25) is 0 Å². The number of carbonyl (C=O) groups excluding carboxylic acids is 1. The lowest BCUT2D eigenvalue weighted by Crippen LogP contribution is -2.18. The summed E-state index contributed by atoms with van der Waals surface area (Å²) >= 11 is 0. The molecular formula is C21H18F3N5O2. The Morgan fingerprint density at radius 3 is 2.42 bits per heavy atom. The van der Waals surface area contributed by atoms with Crippen LogP contribution >= 0.6 is 0 Å². The molecule has 7 nitrogen and oxygen atoms in total. The number of ether oxygens (including phenoxy) is 1. The molecule has 1 heterocycles. The second-order valence-electron chi connectivity index (χ2n) is 6.19. The van der Waals surface area contributed by atoms with E-state index in [9.17, 15) is 18.0 Å². The molecule has 3 aromatic rings. The lowest BCUT2D eigenvalue weighted by molar-refractivity contribution is -0.143. The van der Waals surface area contributed by atoms with Crippen molar-refractivity contribution in [3.05, 3.63) is 77.6 Å². The van der Waals surface area contributed by atoms with Gasteiger partial charge in [-0.2, -0.15) is 23.4 Å². The molecular weight excluding hydrogens is 411 g/mol. The van der Waals surface area contributed by atoms with E-state index in [1.54, 1.807) is 12.1 Å². The predicted octanol–water partition coefficient (Wildman–Crippen LogP) is 4.13. The van der Waals surface area contributed by atoms with Crippen LogP contribution in [0.5, 0.6) is 0 Å². The molecule has 0 unspecified atom stereocenters. The third-order valence-corrected chi connectivity index (χ3v) is 4.17. The summed E-state index contributed by atoms with van der Waals surface area (Å²) < 4.78 is 46.2. The van der Waals surface area contributed by atoms with Crippen molar-refractivity contribution in [3.63, 3.8) is 0 Å². The molecule has 0 amide bonds. The van der Waals surface area contributed by atoms with Gasteiger partial charge in [0.05, 0.1) is 30.4 Å². The molecule has 0 saturated carbocycles. The quantitative estimate of drug-likeness (QED) is 0.276. The first-order valence-corrected chi connectivity index (χ1v) is 9.15. The first kappa shape index (κ1) is 21.8. The van der Waals surface area contributed by atoms with Gasteiger partial charge in [-0.25, -0.2) is 9.48 Å². The first-order valence-electron chi connectivity index (χ1n) is 9.15. The van der Waals surface area contributed by atoms with Crippen molar-refractivity contribution in [1.29, 1.82) is 0 Å². The minimum absolute atomic E-state index is 0.0538. The van der Waals surface area contributed by atoms with Gasteiger partial charge >= 0.3 is 12.1 Å². The number of aliphatic imine (C=N–C) groups is 1. The van der Waals surface area contributed by atoms with Gasteiger partial charge in [0.1, 0.15) is 11.3 Å². The zero-order valence-corrected chi connectivity index (χ0v) is 16.4. The molecule has 0 saturated heterocycles. The van der Waals surface area contributed by atoms with Crippen LogP contribution in [0.3, 0.4) is 0 Å². The number of carbonyl (C=O) groups is 1. The fourth-order valence-electron chi connectivity index (χ4n) is 2.78. The molecule has 0 atom stereocenters. The van der Waals surface area contributed by atoms with E-state index in [4.69, 9.17) is 10.6 Å². The smallest absolute Gasteiger partial charge is 0.434 e. The van der Waals surface area contributed by atoms with Crippen molar-refractivity contribution in [2.75, 3.05) is 6.61 Å². The standard InChI is InChI=1S/C21H18F3N5O2/c1-2-31-20(30)17-12-27-29(19(17)21(22,23)24)16-10-8-14(9-11-16)18(28-25)13-26-15-6-4-3-5-7-15/h3-13H,2,25H2,1H3. The van der Waals surface area contributed by atoms with E-state index in [0.29, 0.717) is 21.6 Å². The first-order chi connectivity index (χ1) is 14.8. The Kier molecular flexibility index (Phi) is 6.49. The number of halogens is 3. The number of hydrogen-bond donors (Lipinski definition) is 1. The minimum atomic E-state index is -4.82. The van der Waals surface area contributed by atoms with Crippen LogP contribution in [0.1, 0.15) is 28.5 Å². The highest BCUT2D eigenvalue weighted by molar-refractivity contribution is 6.38. The monoisotopic (exact) mass is 429 g/mol. The van der Waals surface area contributed by atoms with Crippen LogP contribution in [0.4, 0.5) is 18.9 Å². The summed E-state index contributed by atoms with van der Waals surface area (Å²) in [7, 11) is 0. The lowest BCUT2D eigenvalue weighted by Gasteiger charge is -2.12. The van der Waals surface area contributed by atoms with Crippen molar-refractivity contribution >= 4 is 23.6 Å². The highest BCUT2D eigenvalue weighted by Crippen LogP contribution is 2.34. The van der Waals surface area contributed by atoms with Gasteiger partial charge in [0.15, 0.2) is 5.69 Å². The normalized spacial score (nSPS) is 12.3. The molecule has 0 bridgehead atoms. The van der Waals surface area contributed by atoms with E-state index in [0.717, 1.165) is 6.20 Å². The molecule has 0 aliphatic rings. The van der Waals surface area contributed by atoms with E-state index in [1.165, 1.54) is 37.4 Å². The van der Waals surface area contributed by atoms with E-state index in [2.05, 4.69) is 15.2 Å². The molecule has 160 valence electrons. The lowest BCUT2D eigenvalue weighted by atomic mass is 10.1. The van der Waals surface area contributed by atoms with E-state index < -0.39 is 23.4 Å². The minimum Gasteiger partial charge on any atom is -0.462 e. The molecule has 1 aromatic heterocycles. The third kappa shape index (κ3) is 4.97. The summed E-state index contributed by atoms with van der Waals surface area (Å²) in [5, 5.41) is 7.43. The van der Waals surface area contributed by atoms with Crippen LogP contribution in [-0.2, 0) is 10.9 Å². The van der Waals surface area contributed by atoms with E-state index >= 15 is 0 Å². The second kappa shape index (κ2) is 9.24. The largest absolute Gasteiger partial charge is 0.462 e. The Hall–Kier alpha value is -3.95. The molecule has 0 fully saturated rings. The van der Waals surface area contributed by atoms with Gasteiger partial charge in [-0.15, -0.1) is 0 Å². The number of alkyl halides is 3. The third-order valence-electron chi connectivity index (χ3n) is 4.17. The number of benzene rings is 2. The average Bonchev–Trinajstić information content (AvgIpc) is 3.22. The highest BCUT2D eigenvalue weighted by Gasteiger charge is 2.41. The highest BCUT2D eigenvalue weighted by atomic mass is 19.4. The van der Waals surface area contributed by atoms with E-state index in [1.807, 2.05) is 18.2 Å². The molecule has 10 heteroatoms. The number of nitrogens with two attached hydrogens (primary N) is 1. The number of esters is 1. The maximum absolute atomic E-state index is 13.6.